The van der Waals surface area contributed by atoms with E-state index >= 15 is 0 Å². The lowest BCUT2D eigenvalue weighted by atomic mass is 10.2. The zero-order valence-electron chi connectivity index (χ0n) is 10.7. The third-order valence-corrected chi connectivity index (χ3v) is 3.06. The van der Waals surface area contributed by atoms with Crippen LogP contribution in [0.3, 0.4) is 0 Å². The number of phenolic OH excluding ortho intramolecular Hbond substituents is 1. The van der Waals surface area contributed by atoms with Crippen molar-refractivity contribution in [1.82, 2.24) is 4.98 Å². The molecule has 1 heterocycles. The van der Waals surface area contributed by atoms with Crippen LogP contribution in [0.25, 0.3) is 11.1 Å². The maximum atomic E-state index is 9.71. The number of rotatable bonds is 2. The molecule has 0 saturated heterocycles. The van der Waals surface area contributed by atoms with E-state index in [9.17, 15) is 5.11 Å². The molecule has 1 N–H and O–H groups in total. The highest BCUT2D eigenvalue weighted by Crippen LogP contribution is 2.23. The van der Waals surface area contributed by atoms with Crippen LogP contribution in [0.15, 0.2) is 45.8 Å². The van der Waals surface area contributed by atoms with E-state index in [1.165, 1.54) is 6.07 Å². The summed E-state index contributed by atoms with van der Waals surface area (Å²) in [5, 5.41) is 10.3. The van der Waals surface area contributed by atoms with Crippen LogP contribution in [-0.4, -0.2) is 16.3 Å². The van der Waals surface area contributed by atoms with Crippen LogP contribution in [0, 0.1) is 6.92 Å². The van der Waals surface area contributed by atoms with Gasteiger partial charge in [0.2, 0.25) is 0 Å². The number of hydrogen-bond acceptors (Lipinski definition) is 4. The molecule has 0 aliphatic carbocycles. The fourth-order valence-corrected chi connectivity index (χ4v) is 2.06. The standard InChI is InChI=1S/C15H11ClN2O2/c1-9-18-13-7-12(3-5-15(13)20-9)17-8-10-6-11(16)2-4-14(10)19/h2-8,19H,1H3. The molecule has 3 aromatic rings. The van der Waals surface area contributed by atoms with Crippen molar-refractivity contribution in [1.29, 1.82) is 0 Å². The van der Waals surface area contributed by atoms with Gasteiger partial charge in [0.1, 0.15) is 11.3 Å². The second kappa shape index (κ2) is 4.98. The monoisotopic (exact) mass is 286 g/mol. The number of aromatic nitrogens is 1. The quantitative estimate of drug-likeness (QED) is 0.717. The van der Waals surface area contributed by atoms with Crippen molar-refractivity contribution in [3.63, 3.8) is 0 Å². The van der Waals surface area contributed by atoms with E-state index in [1.54, 1.807) is 25.3 Å². The molecule has 1 aromatic heterocycles. The summed E-state index contributed by atoms with van der Waals surface area (Å²) in [6, 6.07) is 10.3. The van der Waals surface area contributed by atoms with Crippen LogP contribution >= 0.6 is 11.6 Å². The molecule has 3 rings (SSSR count). The largest absolute Gasteiger partial charge is 0.507 e. The van der Waals surface area contributed by atoms with E-state index in [1.807, 2.05) is 18.2 Å². The fraction of sp³-hybridized carbons (Fsp3) is 0.0667. The molecule has 0 amide bonds. The van der Waals surface area contributed by atoms with Crippen LogP contribution in [0.4, 0.5) is 5.69 Å². The second-order valence-electron chi connectivity index (χ2n) is 4.35. The summed E-state index contributed by atoms with van der Waals surface area (Å²) in [6.07, 6.45) is 1.56. The number of aryl methyl sites for hydroxylation is 1. The number of phenols is 1. The van der Waals surface area contributed by atoms with Crippen molar-refractivity contribution >= 4 is 34.6 Å². The average Bonchev–Trinajstić information content (AvgIpc) is 2.79. The minimum Gasteiger partial charge on any atom is -0.507 e. The van der Waals surface area contributed by atoms with Crippen molar-refractivity contribution in [2.24, 2.45) is 4.99 Å². The average molecular weight is 287 g/mol. The van der Waals surface area contributed by atoms with Crippen LogP contribution in [0.2, 0.25) is 5.02 Å². The number of aromatic hydroxyl groups is 1. The lowest BCUT2D eigenvalue weighted by molar-refractivity contribution is 0.474. The van der Waals surface area contributed by atoms with Gasteiger partial charge >= 0.3 is 0 Å². The Balaban J connectivity index is 1.95. The lowest BCUT2D eigenvalue weighted by Crippen LogP contribution is -1.82. The third kappa shape index (κ3) is 2.51. The van der Waals surface area contributed by atoms with Crippen LogP contribution in [0.1, 0.15) is 11.5 Å². The minimum absolute atomic E-state index is 0.136. The van der Waals surface area contributed by atoms with E-state index < -0.39 is 0 Å². The Hall–Kier alpha value is -2.33. The first kappa shape index (κ1) is 12.7. The highest BCUT2D eigenvalue weighted by molar-refractivity contribution is 6.30. The van der Waals surface area contributed by atoms with Gasteiger partial charge in [-0.2, -0.15) is 0 Å². The number of benzene rings is 2. The van der Waals surface area contributed by atoms with Gasteiger partial charge in [-0.3, -0.25) is 4.99 Å². The summed E-state index contributed by atoms with van der Waals surface area (Å²) in [4.78, 5) is 8.56. The molecular formula is C15H11ClN2O2. The first-order chi connectivity index (χ1) is 9.61. The minimum atomic E-state index is 0.136. The first-order valence-electron chi connectivity index (χ1n) is 6.01. The maximum Gasteiger partial charge on any atom is 0.192 e. The number of halogens is 1. The normalized spacial score (nSPS) is 11.5. The molecule has 5 heteroatoms. The molecule has 20 heavy (non-hydrogen) atoms. The molecule has 0 saturated carbocycles. The van der Waals surface area contributed by atoms with E-state index in [0.717, 1.165) is 16.8 Å². The Morgan fingerprint density at radius 1 is 1.25 bits per heavy atom. The van der Waals surface area contributed by atoms with Crippen LogP contribution < -0.4 is 0 Å². The lowest BCUT2D eigenvalue weighted by Gasteiger charge is -1.99. The van der Waals surface area contributed by atoms with Gasteiger partial charge in [-0.05, 0) is 36.4 Å². The van der Waals surface area contributed by atoms with Crippen molar-refractivity contribution in [3.05, 3.63) is 52.9 Å². The van der Waals surface area contributed by atoms with Gasteiger partial charge in [-0.15, -0.1) is 0 Å². The van der Waals surface area contributed by atoms with Gasteiger partial charge in [-0.1, -0.05) is 11.6 Å². The Morgan fingerprint density at radius 3 is 2.95 bits per heavy atom. The number of aliphatic imine (C=N–C) groups is 1. The Kier molecular flexibility index (Phi) is 3.16. The van der Waals surface area contributed by atoms with E-state index in [-0.39, 0.29) is 5.75 Å². The SMILES string of the molecule is Cc1nc2cc(N=Cc3cc(Cl)ccc3O)ccc2o1. The van der Waals surface area contributed by atoms with E-state index in [2.05, 4.69) is 9.98 Å². The summed E-state index contributed by atoms with van der Waals surface area (Å²) in [6.45, 7) is 1.80. The third-order valence-electron chi connectivity index (χ3n) is 2.82. The molecule has 0 fully saturated rings. The molecule has 2 aromatic carbocycles. The number of oxazole rings is 1. The number of fused-ring (bicyclic) bond motifs is 1. The second-order valence-corrected chi connectivity index (χ2v) is 4.78. The van der Waals surface area contributed by atoms with Gasteiger partial charge in [-0.25, -0.2) is 4.98 Å². The van der Waals surface area contributed by atoms with Crippen molar-refractivity contribution in [3.8, 4) is 5.75 Å². The summed E-state index contributed by atoms with van der Waals surface area (Å²) in [7, 11) is 0. The summed E-state index contributed by atoms with van der Waals surface area (Å²) >= 11 is 5.88. The van der Waals surface area contributed by atoms with Gasteiger partial charge in [0, 0.05) is 23.7 Å². The highest BCUT2D eigenvalue weighted by atomic mass is 35.5. The Labute approximate surface area is 120 Å². The molecule has 100 valence electrons. The number of nitrogens with zero attached hydrogens (tertiary/aromatic N) is 2. The zero-order chi connectivity index (χ0) is 14.1. The van der Waals surface area contributed by atoms with E-state index in [0.29, 0.717) is 16.5 Å². The Bertz CT molecular complexity index is 809. The van der Waals surface area contributed by atoms with Crippen LogP contribution in [0.5, 0.6) is 5.75 Å². The first-order valence-corrected chi connectivity index (χ1v) is 6.39. The maximum absolute atomic E-state index is 9.71. The summed E-state index contributed by atoms with van der Waals surface area (Å²) in [5.74, 6) is 0.755. The summed E-state index contributed by atoms with van der Waals surface area (Å²) < 4.78 is 5.40. The molecule has 4 nitrogen and oxygen atoms in total. The Morgan fingerprint density at radius 2 is 2.10 bits per heavy atom. The highest BCUT2D eigenvalue weighted by Gasteiger charge is 2.03. The van der Waals surface area contributed by atoms with Crippen molar-refractivity contribution < 1.29 is 9.52 Å². The smallest absolute Gasteiger partial charge is 0.192 e. The molecule has 0 aliphatic rings. The van der Waals surface area contributed by atoms with Gasteiger partial charge in [0.25, 0.3) is 0 Å². The predicted octanol–water partition coefficient (Wildman–Crippen LogP) is 4.25. The molecule has 0 unspecified atom stereocenters. The zero-order valence-corrected chi connectivity index (χ0v) is 11.4. The molecule has 0 aliphatic heterocycles. The van der Waals surface area contributed by atoms with Gasteiger partial charge < -0.3 is 9.52 Å². The molecule has 0 bridgehead atoms. The molecule has 0 radical (unpaired) electrons. The van der Waals surface area contributed by atoms with Gasteiger partial charge in [0.05, 0.1) is 5.69 Å². The molecule has 0 atom stereocenters. The fourth-order valence-electron chi connectivity index (χ4n) is 1.88. The topological polar surface area (TPSA) is 58.6 Å². The van der Waals surface area contributed by atoms with Crippen LogP contribution in [-0.2, 0) is 0 Å². The predicted molar refractivity (Wildman–Crippen MR) is 79.1 cm³/mol. The van der Waals surface area contributed by atoms with Gasteiger partial charge in [0.15, 0.2) is 11.5 Å². The van der Waals surface area contributed by atoms with Crippen molar-refractivity contribution in [2.45, 2.75) is 6.92 Å². The van der Waals surface area contributed by atoms with E-state index in [4.69, 9.17) is 16.0 Å². The summed E-state index contributed by atoms with van der Waals surface area (Å²) in [5.41, 5.74) is 2.78. The van der Waals surface area contributed by atoms with Crippen molar-refractivity contribution in [2.75, 3.05) is 0 Å². The molecule has 0 spiro atoms. The number of hydrogen-bond donors (Lipinski definition) is 1. The molecular weight excluding hydrogens is 276 g/mol.